The molecule has 0 amide bonds. The molecular weight excluding hydrogens is 350 g/mol. The van der Waals surface area contributed by atoms with Gasteiger partial charge in [-0.2, -0.15) is 0 Å². The van der Waals surface area contributed by atoms with Crippen molar-refractivity contribution in [2.24, 2.45) is 0 Å². The first kappa shape index (κ1) is 19.9. The summed E-state index contributed by atoms with van der Waals surface area (Å²) in [6.07, 6.45) is 0.691. The minimum Gasteiger partial charge on any atom is -0.466 e. The first-order chi connectivity index (χ1) is 13.4. The van der Waals surface area contributed by atoms with Gasteiger partial charge in [-0.3, -0.25) is 9.59 Å². The number of carbonyl (C=O) groups excluding carboxylic acids is 2. The summed E-state index contributed by atoms with van der Waals surface area (Å²) in [4.78, 5) is 24.6. The Morgan fingerprint density at radius 1 is 0.964 bits per heavy atom. The molecule has 0 N–H and O–H groups in total. The summed E-state index contributed by atoms with van der Waals surface area (Å²) < 4.78 is 7.40. The molecule has 1 aromatic heterocycles. The minimum absolute atomic E-state index is 0.0476. The van der Waals surface area contributed by atoms with Gasteiger partial charge in [0, 0.05) is 41.5 Å². The molecule has 0 bridgehead atoms. The van der Waals surface area contributed by atoms with Gasteiger partial charge in [-0.15, -0.1) is 0 Å². The lowest BCUT2D eigenvalue weighted by Crippen LogP contribution is -2.15. The number of esters is 1. The Morgan fingerprint density at radius 3 is 2.25 bits per heavy atom. The first-order valence-electron chi connectivity index (χ1n) is 9.77. The van der Waals surface area contributed by atoms with Crippen LogP contribution in [0.1, 0.15) is 67.7 Å². The van der Waals surface area contributed by atoms with E-state index in [1.165, 1.54) is 6.92 Å². The molecule has 0 aliphatic heterocycles. The van der Waals surface area contributed by atoms with Gasteiger partial charge in [0.2, 0.25) is 0 Å². The van der Waals surface area contributed by atoms with Crippen LogP contribution in [0.5, 0.6) is 0 Å². The number of benzene rings is 2. The van der Waals surface area contributed by atoms with Crippen molar-refractivity contribution in [3.63, 3.8) is 0 Å². The molecule has 2 aromatic carbocycles. The number of hydrogen-bond acceptors (Lipinski definition) is 3. The Morgan fingerprint density at radius 2 is 1.61 bits per heavy atom. The van der Waals surface area contributed by atoms with Crippen LogP contribution in [0.25, 0.3) is 10.9 Å². The van der Waals surface area contributed by atoms with Crippen molar-refractivity contribution in [1.82, 2.24) is 4.57 Å². The average Bonchev–Trinajstić information content (AvgIpc) is 3.03. The highest BCUT2D eigenvalue weighted by molar-refractivity contribution is 6.17. The molecule has 0 radical (unpaired) electrons. The highest BCUT2D eigenvalue weighted by Crippen LogP contribution is 2.36. The predicted molar refractivity (Wildman–Crippen MR) is 112 cm³/mol. The number of fused-ring (bicyclic) bond motifs is 1. The van der Waals surface area contributed by atoms with Crippen LogP contribution in [0.3, 0.4) is 0 Å². The van der Waals surface area contributed by atoms with Crippen LogP contribution in [0, 0.1) is 0 Å². The Balaban J connectivity index is 2.15. The van der Waals surface area contributed by atoms with Crippen molar-refractivity contribution in [2.45, 2.75) is 46.1 Å². The van der Waals surface area contributed by atoms with Crippen LogP contribution < -0.4 is 0 Å². The van der Waals surface area contributed by atoms with Crippen LogP contribution in [0.4, 0.5) is 0 Å². The summed E-state index contributed by atoms with van der Waals surface area (Å²) in [7, 11) is 0. The molecule has 4 nitrogen and oxygen atoms in total. The Hall–Kier alpha value is -2.88. The van der Waals surface area contributed by atoms with Gasteiger partial charge in [-0.05, 0) is 18.9 Å². The zero-order chi connectivity index (χ0) is 20.3. The number of aromatic nitrogens is 1. The molecule has 146 valence electrons. The lowest BCUT2D eigenvalue weighted by Gasteiger charge is -2.21. The zero-order valence-electron chi connectivity index (χ0n) is 16.9. The molecule has 0 aliphatic carbocycles. The number of carbonyl (C=O) groups is 2. The first-order valence-corrected chi connectivity index (χ1v) is 9.77. The number of hydrogen-bond donors (Lipinski definition) is 0. The van der Waals surface area contributed by atoms with E-state index >= 15 is 0 Å². The maximum atomic E-state index is 13.4. The fraction of sp³-hybridized carbons (Fsp3) is 0.333. The monoisotopic (exact) mass is 377 g/mol. The molecule has 1 heterocycles. The predicted octanol–water partition coefficient (Wildman–Crippen LogP) is 5.51. The number of nitrogens with zero attached hydrogens (tertiary/aromatic N) is 1. The van der Waals surface area contributed by atoms with Crippen LogP contribution >= 0.6 is 0 Å². The molecule has 3 rings (SSSR count). The minimum atomic E-state index is -0.270. The summed E-state index contributed by atoms with van der Waals surface area (Å²) in [6, 6.07) is 17.6. The van der Waals surface area contributed by atoms with E-state index in [2.05, 4.69) is 31.4 Å². The molecule has 0 saturated carbocycles. The summed E-state index contributed by atoms with van der Waals surface area (Å²) in [5.41, 5.74) is 3.54. The number of ketones is 1. The second-order valence-corrected chi connectivity index (χ2v) is 7.47. The SMILES string of the molecule is CC(=O)OCCC(C)n1c(C(C)C)c(C(=O)c2ccccc2)c2ccccc21. The maximum Gasteiger partial charge on any atom is 0.302 e. The summed E-state index contributed by atoms with van der Waals surface area (Å²) >= 11 is 0. The van der Waals surface area contributed by atoms with E-state index in [-0.39, 0.29) is 23.7 Å². The van der Waals surface area contributed by atoms with Crippen LogP contribution in [0.2, 0.25) is 0 Å². The quantitative estimate of drug-likeness (QED) is 0.403. The Labute approximate surface area is 166 Å². The topological polar surface area (TPSA) is 48.3 Å². The maximum absolute atomic E-state index is 13.4. The average molecular weight is 377 g/mol. The van der Waals surface area contributed by atoms with E-state index < -0.39 is 0 Å². The van der Waals surface area contributed by atoms with Gasteiger partial charge in [0.05, 0.1) is 12.2 Å². The lowest BCUT2D eigenvalue weighted by molar-refractivity contribution is -0.141. The molecule has 4 heteroatoms. The lowest BCUT2D eigenvalue weighted by atomic mass is 9.96. The third-order valence-corrected chi connectivity index (χ3v) is 5.04. The molecule has 1 unspecified atom stereocenters. The van der Waals surface area contributed by atoms with E-state index in [0.29, 0.717) is 18.6 Å². The fourth-order valence-corrected chi connectivity index (χ4v) is 3.80. The standard InChI is InChI=1S/C24H27NO3/c1-16(2)23-22(24(27)19-10-6-5-7-11-19)20-12-8-9-13-21(20)25(23)17(3)14-15-28-18(4)26/h5-13,16-17H,14-15H2,1-4H3. The van der Waals surface area contributed by atoms with E-state index in [9.17, 15) is 9.59 Å². The van der Waals surface area contributed by atoms with E-state index in [1.54, 1.807) is 0 Å². The van der Waals surface area contributed by atoms with Gasteiger partial charge >= 0.3 is 5.97 Å². The second kappa shape index (κ2) is 8.42. The zero-order valence-corrected chi connectivity index (χ0v) is 16.9. The van der Waals surface area contributed by atoms with E-state index in [4.69, 9.17) is 4.74 Å². The Bertz CT molecular complexity index is 986. The number of para-hydroxylation sites is 1. The number of rotatable bonds is 7. The molecule has 0 spiro atoms. The van der Waals surface area contributed by atoms with Crippen LogP contribution in [0.15, 0.2) is 54.6 Å². The van der Waals surface area contributed by atoms with Crippen molar-refractivity contribution in [1.29, 1.82) is 0 Å². The third-order valence-electron chi connectivity index (χ3n) is 5.04. The van der Waals surface area contributed by atoms with E-state index in [1.807, 2.05) is 48.5 Å². The molecule has 0 fully saturated rings. The largest absolute Gasteiger partial charge is 0.466 e. The van der Waals surface area contributed by atoms with Gasteiger partial charge < -0.3 is 9.30 Å². The molecule has 28 heavy (non-hydrogen) atoms. The van der Waals surface area contributed by atoms with Gasteiger partial charge in [-0.1, -0.05) is 62.4 Å². The van der Waals surface area contributed by atoms with Crippen molar-refractivity contribution < 1.29 is 14.3 Å². The fourth-order valence-electron chi connectivity index (χ4n) is 3.80. The Kier molecular flexibility index (Phi) is 5.98. The second-order valence-electron chi connectivity index (χ2n) is 7.47. The number of ether oxygens (including phenoxy) is 1. The summed E-state index contributed by atoms with van der Waals surface area (Å²) in [5.74, 6) is -0.0498. The van der Waals surface area contributed by atoms with Crippen molar-refractivity contribution in [3.8, 4) is 0 Å². The van der Waals surface area contributed by atoms with Gasteiger partial charge in [-0.25, -0.2) is 0 Å². The smallest absolute Gasteiger partial charge is 0.302 e. The molecular formula is C24H27NO3. The third kappa shape index (κ3) is 3.86. The molecule has 0 saturated heterocycles. The van der Waals surface area contributed by atoms with Gasteiger partial charge in [0.1, 0.15) is 0 Å². The summed E-state index contributed by atoms with van der Waals surface area (Å²) in [5, 5.41) is 0.972. The highest BCUT2D eigenvalue weighted by atomic mass is 16.5. The molecule has 0 aliphatic rings. The molecule has 3 aromatic rings. The highest BCUT2D eigenvalue weighted by Gasteiger charge is 2.27. The van der Waals surface area contributed by atoms with Gasteiger partial charge in [0.15, 0.2) is 5.78 Å². The van der Waals surface area contributed by atoms with Crippen molar-refractivity contribution >= 4 is 22.7 Å². The molecule has 1 atom stereocenters. The summed E-state index contributed by atoms with van der Waals surface area (Å²) in [6.45, 7) is 8.13. The van der Waals surface area contributed by atoms with Crippen LogP contribution in [-0.4, -0.2) is 22.9 Å². The van der Waals surface area contributed by atoms with Crippen molar-refractivity contribution in [3.05, 3.63) is 71.4 Å². The normalized spacial score (nSPS) is 12.3. The van der Waals surface area contributed by atoms with Crippen molar-refractivity contribution in [2.75, 3.05) is 6.61 Å². The van der Waals surface area contributed by atoms with Gasteiger partial charge in [0.25, 0.3) is 0 Å². The van der Waals surface area contributed by atoms with E-state index in [0.717, 1.165) is 22.2 Å². The van der Waals surface area contributed by atoms with Crippen LogP contribution in [-0.2, 0) is 9.53 Å².